The first-order valence-corrected chi connectivity index (χ1v) is 10.0. The molecule has 0 atom stereocenters. The van der Waals surface area contributed by atoms with Gasteiger partial charge < -0.3 is 10.3 Å². The highest BCUT2D eigenvalue weighted by atomic mass is 32.2. The number of nitrogens with zero attached hydrogens (tertiary/aromatic N) is 3. The van der Waals surface area contributed by atoms with Crippen molar-refractivity contribution in [2.45, 2.75) is 19.0 Å². The number of aryl methyl sites for hydroxylation is 2. The van der Waals surface area contributed by atoms with Crippen LogP contribution < -0.4 is 10.9 Å². The molecule has 2 N–H and O–H groups in total. The lowest BCUT2D eigenvalue weighted by Crippen LogP contribution is -2.15. The maximum Gasteiger partial charge on any atom is 0.262 e. The van der Waals surface area contributed by atoms with Crippen LogP contribution in [0, 0.1) is 13.8 Å². The van der Waals surface area contributed by atoms with Crippen LogP contribution in [0.3, 0.4) is 0 Å². The van der Waals surface area contributed by atoms with Crippen molar-refractivity contribution in [3.8, 4) is 5.69 Å². The largest absolute Gasteiger partial charge is 0.325 e. The van der Waals surface area contributed by atoms with E-state index in [4.69, 9.17) is 0 Å². The van der Waals surface area contributed by atoms with Gasteiger partial charge in [0.1, 0.15) is 5.39 Å². The monoisotopic (exact) mass is 405 g/mol. The van der Waals surface area contributed by atoms with Crippen molar-refractivity contribution in [1.82, 2.24) is 19.7 Å². The van der Waals surface area contributed by atoms with Gasteiger partial charge in [0.05, 0.1) is 17.6 Å². The first-order chi connectivity index (χ1) is 14.0. The quantitative estimate of drug-likeness (QED) is 0.392. The molecule has 0 unspecified atom stereocenters. The number of H-pyrrole nitrogens is 1. The molecule has 4 rings (SSSR count). The van der Waals surface area contributed by atoms with Crippen molar-refractivity contribution < 1.29 is 4.79 Å². The van der Waals surface area contributed by atoms with Crippen LogP contribution >= 0.6 is 11.8 Å². The van der Waals surface area contributed by atoms with Crippen molar-refractivity contribution in [1.29, 1.82) is 0 Å². The first-order valence-electron chi connectivity index (χ1n) is 9.04. The molecule has 0 radical (unpaired) electrons. The number of rotatable bonds is 5. The molecular weight excluding hydrogens is 386 g/mol. The summed E-state index contributed by atoms with van der Waals surface area (Å²) in [4.78, 5) is 31.9. The third-order valence-electron chi connectivity index (χ3n) is 4.44. The van der Waals surface area contributed by atoms with Crippen molar-refractivity contribution in [3.05, 3.63) is 76.2 Å². The van der Waals surface area contributed by atoms with Gasteiger partial charge in [-0.05, 0) is 37.6 Å². The lowest BCUT2D eigenvalue weighted by molar-refractivity contribution is -0.113. The Kier molecular flexibility index (Phi) is 5.18. The highest BCUT2D eigenvalue weighted by molar-refractivity contribution is 7.99. The van der Waals surface area contributed by atoms with Crippen molar-refractivity contribution in [2.75, 3.05) is 11.1 Å². The molecule has 0 saturated carbocycles. The summed E-state index contributed by atoms with van der Waals surface area (Å²) in [5.41, 5.74) is 3.91. The number of para-hydroxylation sites is 1. The molecule has 0 aliphatic heterocycles. The molecule has 0 fully saturated rings. The van der Waals surface area contributed by atoms with E-state index in [1.807, 2.05) is 62.4 Å². The molecule has 7 nitrogen and oxygen atoms in total. The second-order valence-electron chi connectivity index (χ2n) is 6.65. The third-order valence-corrected chi connectivity index (χ3v) is 5.31. The van der Waals surface area contributed by atoms with Crippen LogP contribution in [0.1, 0.15) is 11.1 Å². The highest BCUT2D eigenvalue weighted by Gasteiger charge is 2.14. The fraction of sp³-hybridized carbons (Fsp3) is 0.143. The van der Waals surface area contributed by atoms with Crippen LogP contribution in [0.25, 0.3) is 16.7 Å². The van der Waals surface area contributed by atoms with E-state index in [1.54, 1.807) is 4.68 Å². The molecule has 2 aromatic heterocycles. The van der Waals surface area contributed by atoms with Gasteiger partial charge in [-0.25, -0.2) is 9.67 Å². The van der Waals surface area contributed by atoms with Gasteiger partial charge in [-0.15, -0.1) is 0 Å². The first kappa shape index (κ1) is 18.9. The van der Waals surface area contributed by atoms with Gasteiger partial charge in [0.2, 0.25) is 5.91 Å². The molecular formula is C21H19N5O2S. The molecule has 2 heterocycles. The van der Waals surface area contributed by atoms with Gasteiger partial charge in [0.15, 0.2) is 10.8 Å². The van der Waals surface area contributed by atoms with Crippen LogP contribution in [0.15, 0.2) is 64.7 Å². The molecule has 0 spiro atoms. The summed E-state index contributed by atoms with van der Waals surface area (Å²) in [6.45, 7) is 3.96. The van der Waals surface area contributed by atoms with Crippen LogP contribution in [0.5, 0.6) is 0 Å². The summed E-state index contributed by atoms with van der Waals surface area (Å²) in [5, 5.41) is 7.94. The summed E-state index contributed by atoms with van der Waals surface area (Å²) in [6, 6.07) is 15.3. The molecule has 4 aromatic rings. The topological polar surface area (TPSA) is 92.7 Å². The number of nitrogens with one attached hydrogen (secondary N) is 2. The zero-order valence-electron chi connectivity index (χ0n) is 16.0. The summed E-state index contributed by atoms with van der Waals surface area (Å²) in [5.74, 6) is -0.0464. The lowest BCUT2D eigenvalue weighted by Gasteiger charge is -2.07. The van der Waals surface area contributed by atoms with Crippen molar-refractivity contribution in [2.24, 2.45) is 0 Å². The Morgan fingerprint density at radius 3 is 2.66 bits per heavy atom. The number of amides is 1. The van der Waals surface area contributed by atoms with Crippen molar-refractivity contribution in [3.63, 3.8) is 0 Å². The number of carbonyl (C=O) groups is 1. The molecule has 2 aromatic carbocycles. The van der Waals surface area contributed by atoms with E-state index in [0.29, 0.717) is 16.2 Å². The Morgan fingerprint density at radius 2 is 1.90 bits per heavy atom. The van der Waals surface area contributed by atoms with E-state index < -0.39 is 0 Å². The fourth-order valence-electron chi connectivity index (χ4n) is 2.91. The number of anilines is 1. The van der Waals surface area contributed by atoms with Crippen LogP contribution in [0.4, 0.5) is 5.69 Å². The van der Waals surface area contributed by atoms with Crippen LogP contribution in [-0.2, 0) is 4.79 Å². The minimum Gasteiger partial charge on any atom is -0.325 e. The molecule has 146 valence electrons. The fourth-order valence-corrected chi connectivity index (χ4v) is 3.57. The standard InChI is InChI=1S/C21H19N5O2S/c1-13-7-9-15(10-8-13)23-18(27)12-29-21-24-19-16(20(28)25-21)11-22-26(19)17-6-4-3-5-14(17)2/h3-11H,12H2,1-2H3,(H,23,27)(H,24,25,28). The smallest absolute Gasteiger partial charge is 0.262 e. The average molecular weight is 405 g/mol. The van der Waals surface area contributed by atoms with Gasteiger partial charge in [0, 0.05) is 5.69 Å². The number of aromatic nitrogens is 4. The van der Waals surface area contributed by atoms with E-state index in [2.05, 4.69) is 20.4 Å². The van der Waals surface area contributed by atoms with Gasteiger partial charge in [-0.3, -0.25) is 9.59 Å². The Morgan fingerprint density at radius 1 is 1.14 bits per heavy atom. The molecule has 0 saturated heterocycles. The zero-order chi connectivity index (χ0) is 20.4. The third kappa shape index (κ3) is 4.07. The lowest BCUT2D eigenvalue weighted by atomic mass is 10.2. The van der Waals surface area contributed by atoms with Crippen LogP contribution in [0.2, 0.25) is 0 Å². The minimum absolute atomic E-state index is 0.126. The van der Waals surface area contributed by atoms with E-state index in [-0.39, 0.29) is 17.2 Å². The van der Waals surface area contributed by atoms with Crippen molar-refractivity contribution >= 4 is 34.4 Å². The maximum atomic E-state index is 12.4. The second kappa shape index (κ2) is 7.92. The normalized spacial score (nSPS) is 11.0. The minimum atomic E-state index is -0.281. The number of hydrogen-bond acceptors (Lipinski definition) is 5. The number of hydrogen-bond donors (Lipinski definition) is 2. The Labute approximate surface area is 171 Å². The van der Waals surface area contributed by atoms with Gasteiger partial charge in [-0.2, -0.15) is 5.10 Å². The number of fused-ring (bicyclic) bond motifs is 1. The Hall–Kier alpha value is -3.39. The summed E-state index contributed by atoms with van der Waals surface area (Å²) in [6.07, 6.45) is 1.51. The van der Waals surface area contributed by atoms with E-state index in [1.165, 1.54) is 18.0 Å². The second-order valence-corrected chi connectivity index (χ2v) is 7.62. The summed E-state index contributed by atoms with van der Waals surface area (Å²) in [7, 11) is 0. The number of aromatic amines is 1. The molecule has 0 bridgehead atoms. The summed E-state index contributed by atoms with van der Waals surface area (Å²) < 4.78 is 1.65. The number of thioether (sulfide) groups is 1. The number of carbonyl (C=O) groups excluding carboxylic acids is 1. The molecule has 8 heteroatoms. The predicted molar refractivity (Wildman–Crippen MR) is 115 cm³/mol. The molecule has 0 aliphatic carbocycles. The Balaban J connectivity index is 1.56. The van der Waals surface area contributed by atoms with Gasteiger partial charge in [0.25, 0.3) is 5.56 Å². The molecule has 1 amide bonds. The zero-order valence-corrected chi connectivity index (χ0v) is 16.8. The number of benzene rings is 2. The highest BCUT2D eigenvalue weighted by Crippen LogP contribution is 2.20. The van der Waals surface area contributed by atoms with Gasteiger partial charge >= 0.3 is 0 Å². The average Bonchev–Trinajstić information content (AvgIpc) is 3.13. The summed E-state index contributed by atoms with van der Waals surface area (Å²) >= 11 is 1.17. The van der Waals surface area contributed by atoms with Gasteiger partial charge in [-0.1, -0.05) is 47.7 Å². The van der Waals surface area contributed by atoms with E-state index >= 15 is 0 Å². The maximum absolute atomic E-state index is 12.4. The van der Waals surface area contributed by atoms with E-state index in [9.17, 15) is 9.59 Å². The van der Waals surface area contributed by atoms with E-state index in [0.717, 1.165) is 22.5 Å². The predicted octanol–water partition coefficient (Wildman–Crippen LogP) is 3.46. The molecule has 29 heavy (non-hydrogen) atoms. The van der Waals surface area contributed by atoms with Crippen LogP contribution in [-0.4, -0.2) is 31.4 Å². The molecule has 0 aliphatic rings. The SMILES string of the molecule is Cc1ccc(NC(=O)CSc2nc3c(cnn3-c3ccccc3C)c(=O)[nH]2)cc1. The Bertz CT molecular complexity index is 1240.